The van der Waals surface area contributed by atoms with Crippen LogP contribution in [0.2, 0.25) is 0 Å². The summed E-state index contributed by atoms with van der Waals surface area (Å²) in [6.45, 7) is 5.19. The van der Waals surface area contributed by atoms with E-state index in [-0.39, 0.29) is 5.69 Å². The smallest absolute Gasteiger partial charge is 0.322 e. The maximum atomic E-state index is 13.7. The Morgan fingerprint density at radius 2 is 2.04 bits per heavy atom. The van der Waals surface area contributed by atoms with Crippen molar-refractivity contribution in [1.29, 1.82) is 0 Å². The summed E-state index contributed by atoms with van der Waals surface area (Å²) >= 11 is 0. The second-order valence-corrected chi connectivity index (χ2v) is 6.98. The lowest BCUT2D eigenvalue weighted by molar-refractivity contribution is 0.166. The largest absolute Gasteiger partial charge is 0.353 e. The molecule has 3 aliphatic rings. The summed E-state index contributed by atoms with van der Waals surface area (Å²) in [5.74, 6) is 0.308. The van der Waals surface area contributed by atoms with E-state index in [0.717, 1.165) is 36.8 Å². The number of nitrogens with zero attached hydrogens (tertiary/aromatic N) is 5. The van der Waals surface area contributed by atoms with Crippen LogP contribution in [0.4, 0.5) is 19.3 Å². The molecule has 1 aromatic carbocycles. The van der Waals surface area contributed by atoms with Crippen molar-refractivity contribution < 1.29 is 13.6 Å². The minimum atomic E-state index is -0.791. The zero-order valence-electron chi connectivity index (χ0n) is 15.6. The Morgan fingerprint density at radius 3 is 2.75 bits per heavy atom. The van der Waals surface area contributed by atoms with Gasteiger partial charge in [0.2, 0.25) is 0 Å². The number of carbonyl (C=O) groups excluding carboxylic acids is 1. The minimum Gasteiger partial charge on any atom is -0.353 e. The van der Waals surface area contributed by atoms with Crippen LogP contribution < -0.4 is 5.32 Å². The number of halogens is 2. The molecule has 1 fully saturated rings. The summed E-state index contributed by atoms with van der Waals surface area (Å²) in [6.07, 6.45) is 4.80. The van der Waals surface area contributed by atoms with Crippen LogP contribution in [0, 0.1) is 11.6 Å². The molecule has 28 heavy (non-hydrogen) atoms. The fraction of sp³-hybridized carbons (Fsp3) is 0.421. The molecule has 0 aromatic heterocycles. The molecule has 1 atom stereocenters. The maximum Gasteiger partial charge on any atom is 0.322 e. The molecule has 3 heterocycles. The van der Waals surface area contributed by atoms with E-state index in [1.807, 2.05) is 12.4 Å². The molecule has 148 valence electrons. The van der Waals surface area contributed by atoms with Crippen molar-refractivity contribution in [3.8, 4) is 0 Å². The molecule has 1 aromatic rings. The highest BCUT2D eigenvalue weighted by molar-refractivity contribution is 6.03. The number of amides is 2. The van der Waals surface area contributed by atoms with Gasteiger partial charge >= 0.3 is 6.03 Å². The van der Waals surface area contributed by atoms with E-state index in [2.05, 4.69) is 32.0 Å². The maximum absolute atomic E-state index is 13.7. The highest BCUT2D eigenvalue weighted by Crippen LogP contribution is 2.20. The van der Waals surface area contributed by atoms with Gasteiger partial charge in [0.1, 0.15) is 23.3 Å². The first-order valence-corrected chi connectivity index (χ1v) is 9.39. The Hall–Kier alpha value is -2.97. The molecule has 1 saturated heterocycles. The molecule has 9 heteroatoms. The van der Waals surface area contributed by atoms with Gasteiger partial charge in [-0.1, -0.05) is 6.92 Å². The highest BCUT2D eigenvalue weighted by atomic mass is 19.1. The lowest BCUT2D eigenvalue weighted by Crippen LogP contribution is -2.50. The van der Waals surface area contributed by atoms with Gasteiger partial charge in [-0.25, -0.2) is 18.6 Å². The predicted molar refractivity (Wildman–Crippen MR) is 103 cm³/mol. The third-order valence-electron chi connectivity index (χ3n) is 5.14. The fourth-order valence-corrected chi connectivity index (χ4v) is 3.45. The summed E-state index contributed by atoms with van der Waals surface area (Å²) < 4.78 is 26.7. The van der Waals surface area contributed by atoms with Crippen molar-refractivity contribution in [2.75, 3.05) is 38.0 Å². The van der Waals surface area contributed by atoms with Crippen LogP contribution in [-0.2, 0) is 0 Å². The van der Waals surface area contributed by atoms with Gasteiger partial charge in [-0.3, -0.25) is 4.99 Å². The summed E-state index contributed by atoms with van der Waals surface area (Å²) in [5, 5.41) is 2.50. The molecule has 0 spiro atoms. The number of nitrogens with one attached hydrogen (secondary N) is 1. The van der Waals surface area contributed by atoms with Gasteiger partial charge in [0, 0.05) is 44.9 Å². The van der Waals surface area contributed by atoms with E-state index in [4.69, 9.17) is 0 Å². The molecule has 3 aliphatic heterocycles. The monoisotopic (exact) mass is 388 g/mol. The second kappa shape index (κ2) is 7.57. The normalized spacial score (nSPS) is 21.4. The molecule has 1 unspecified atom stereocenters. The average Bonchev–Trinajstić information content (AvgIpc) is 3.12. The van der Waals surface area contributed by atoms with Gasteiger partial charge in [-0.15, -0.1) is 0 Å². The standard InChI is InChI=1S/C19H22F2N6O/c1-2-14-11-27-12-22-17(10-18(27)23-14)25-5-7-26(8-6-25)19(28)24-16-4-3-13(20)9-15(16)21/h3-4,9-10,12,14H,2,5-8,11H2,1H3,(H,24,28). The number of aliphatic imine (C=N–C) groups is 2. The van der Waals surface area contributed by atoms with Crippen molar-refractivity contribution in [3.05, 3.63) is 41.7 Å². The minimum absolute atomic E-state index is 0.0294. The number of rotatable bonds is 3. The van der Waals surface area contributed by atoms with E-state index < -0.39 is 17.7 Å². The number of hydrogen-bond donors (Lipinski definition) is 1. The van der Waals surface area contributed by atoms with Crippen molar-refractivity contribution >= 4 is 23.9 Å². The number of carbonyl (C=O) groups is 1. The highest BCUT2D eigenvalue weighted by Gasteiger charge is 2.28. The average molecular weight is 388 g/mol. The van der Waals surface area contributed by atoms with Crippen molar-refractivity contribution in [2.45, 2.75) is 19.4 Å². The Bertz CT molecular complexity index is 860. The fourth-order valence-electron chi connectivity index (χ4n) is 3.45. The molecule has 0 aliphatic carbocycles. The molecular formula is C19H22F2N6O. The van der Waals surface area contributed by atoms with Crippen molar-refractivity contribution in [1.82, 2.24) is 14.7 Å². The van der Waals surface area contributed by atoms with Gasteiger partial charge < -0.3 is 20.0 Å². The molecule has 0 bridgehead atoms. The summed E-state index contributed by atoms with van der Waals surface area (Å²) in [7, 11) is 0. The lowest BCUT2D eigenvalue weighted by atomic mass is 10.2. The Balaban J connectivity index is 1.34. The van der Waals surface area contributed by atoms with E-state index in [1.54, 1.807) is 4.90 Å². The predicted octanol–water partition coefficient (Wildman–Crippen LogP) is 2.49. The van der Waals surface area contributed by atoms with Crippen LogP contribution >= 0.6 is 0 Å². The summed E-state index contributed by atoms with van der Waals surface area (Å²) in [5.41, 5.74) is -0.0294. The van der Waals surface area contributed by atoms with Crippen molar-refractivity contribution in [2.24, 2.45) is 9.98 Å². The van der Waals surface area contributed by atoms with E-state index in [1.165, 1.54) is 6.07 Å². The SMILES string of the molecule is CCC1CN2C=NC(N3CCN(C(=O)Nc4ccc(F)cc4F)CC3)=CC2=N1. The van der Waals surface area contributed by atoms with Crippen LogP contribution in [0.25, 0.3) is 0 Å². The van der Waals surface area contributed by atoms with Gasteiger partial charge in [0.15, 0.2) is 0 Å². The summed E-state index contributed by atoms with van der Waals surface area (Å²) in [4.78, 5) is 27.4. The number of fused-ring (bicyclic) bond motifs is 1. The number of anilines is 1. The van der Waals surface area contributed by atoms with Gasteiger partial charge in [0.25, 0.3) is 0 Å². The van der Waals surface area contributed by atoms with E-state index in [0.29, 0.717) is 32.2 Å². The molecular weight excluding hydrogens is 366 g/mol. The number of benzene rings is 1. The molecule has 7 nitrogen and oxygen atoms in total. The number of hydrogen-bond acceptors (Lipinski definition) is 5. The topological polar surface area (TPSA) is 63.5 Å². The molecule has 4 rings (SSSR count). The van der Waals surface area contributed by atoms with Gasteiger partial charge in [0.05, 0.1) is 18.1 Å². The molecule has 2 amide bonds. The summed E-state index contributed by atoms with van der Waals surface area (Å²) in [6, 6.07) is 2.99. The molecule has 0 radical (unpaired) electrons. The third-order valence-corrected chi connectivity index (χ3v) is 5.14. The van der Waals surface area contributed by atoms with Gasteiger partial charge in [-0.05, 0) is 18.6 Å². The zero-order valence-corrected chi connectivity index (χ0v) is 15.6. The lowest BCUT2D eigenvalue weighted by Gasteiger charge is -2.36. The van der Waals surface area contributed by atoms with Crippen LogP contribution in [0.3, 0.4) is 0 Å². The van der Waals surface area contributed by atoms with Gasteiger partial charge in [-0.2, -0.15) is 0 Å². The molecule has 0 saturated carbocycles. The van der Waals surface area contributed by atoms with Crippen LogP contribution in [0.1, 0.15) is 13.3 Å². The van der Waals surface area contributed by atoms with Crippen molar-refractivity contribution in [3.63, 3.8) is 0 Å². The first-order chi connectivity index (χ1) is 13.5. The van der Waals surface area contributed by atoms with E-state index in [9.17, 15) is 13.6 Å². The Labute approximate surface area is 162 Å². The number of piperazine rings is 1. The van der Waals surface area contributed by atoms with Crippen LogP contribution in [0.15, 0.2) is 40.1 Å². The molecule has 1 N–H and O–H groups in total. The first-order valence-electron chi connectivity index (χ1n) is 9.39. The number of amidine groups is 1. The quantitative estimate of drug-likeness (QED) is 0.865. The second-order valence-electron chi connectivity index (χ2n) is 6.98. The first kappa shape index (κ1) is 18.4. The Kier molecular flexibility index (Phi) is 4.97. The van der Waals surface area contributed by atoms with Crippen LogP contribution in [-0.4, -0.2) is 71.7 Å². The Morgan fingerprint density at radius 1 is 1.25 bits per heavy atom. The third kappa shape index (κ3) is 3.69. The van der Waals surface area contributed by atoms with Crippen LogP contribution in [0.5, 0.6) is 0 Å². The number of urea groups is 1. The van der Waals surface area contributed by atoms with E-state index >= 15 is 0 Å². The zero-order chi connectivity index (χ0) is 19.7.